The lowest BCUT2D eigenvalue weighted by Gasteiger charge is -2.21. The molecule has 2 aromatic carbocycles. The summed E-state index contributed by atoms with van der Waals surface area (Å²) in [6.07, 6.45) is 1.17. The Morgan fingerprint density at radius 1 is 1.22 bits per heavy atom. The van der Waals surface area contributed by atoms with E-state index in [-0.39, 0.29) is 39.1 Å². The zero-order valence-corrected chi connectivity index (χ0v) is 17.2. The van der Waals surface area contributed by atoms with E-state index in [0.717, 1.165) is 16.7 Å². The van der Waals surface area contributed by atoms with Crippen LogP contribution in [0.15, 0.2) is 47.5 Å². The van der Waals surface area contributed by atoms with Gasteiger partial charge in [0.1, 0.15) is 47.1 Å². The number of rotatable bonds is 4. The van der Waals surface area contributed by atoms with Crippen molar-refractivity contribution in [3.8, 4) is 11.8 Å². The van der Waals surface area contributed by atoms with Gasteiger partial charge in [0, 0.05) is 6.07 Å². The Morgan fingerprint density at radius 3 is 2.62 bits per heavy atom. The van der Waals surface area contributed by atoms with Gasteiger partial charge in [0.25, 0.3) is 5.56 Å². The predicted molar refractivity (Wildman–Crippen MR) is 115 cm³/mol. The molecule has 0 radical (unpaired) electrons. The quantitative estimate of drug-likeness (QED) is 0.482. The molecule has 0 aliphatic rings. The van der Waals surface area contributed by atoms with E-state index in [1.54, 1.807) is 19.1 Å². The second kappa shape index (κ2) is 8.20. The molecule has 2 heterocycles. The number of nitrogens with two attached hydrogens (primary N) is 1. The molecule has 32 heavy (non-hydrogen) atoms. The van der Waals surface area contributed by atoms with Crippen LogP contribution in [-0.4, -0.2) is 19.5 Å². The monoisotopic (exact) mass is 453 g/mol. The molecule has 11 heteroatoms. The molecule has 4 rings (SSSR count). The lowest BCUT2D eigenvalue weighted by molar-refractivity contribution is 0.579. The van der Waals surface area contributed by atoms with Crippen LogP contribution < -0.4 is 16.6 Å². The molecular weight excluding hydrogens is 440 g/mol. The first-order valence-electron chi connectivity index (χ1n) is 9.25. The largest absolute Gasteiger partial charge is 0.382 e. The fourth-order valence-electron chi connectivity index (χ4n) is 3.30. The van der Waals surface area contributed by atoms with Gasteiger partial charge in [0.15, 0.2) is 0 Å². The molecule has 0 spiro atoms. The summed E-state index contributed by atoms with van der Waals surface area (Å²) in [6.45, 7) is 1.64. The molecule has 0 saturated heterocycles. The summed E-state index contributed by atoms with van der Waals surface area (Å²) in [5.74, 6) is -1.54. The van der Waals surface area contributed by atoms with Crippen LogP contribution in [0.25, 0.3) is 16.6 Å². The first kappa shape index (κ1) is 21.1. The third-order valence-corrected chi connectivity index (χ3v) is 5.02. The highest BCUT2D eigenvalue weighted by atomic mass is 35.5. The summed E-state index contributed by atoms with van der Waals surface area (Å²) in [5, 5.41) is 12.6. The van der Waals surface area contributed by atoms with Crippen LogP contribution in [0.3, 0.4) is 0 Å². The fraction of sp³-hybridized carbons (Fsp3) is 0.0952. The lowest BCUT2D eigenvalue weighted by Crippen LogP contribution is -2.28. The number of nitrogens with zero attached hydrogens (tertiary/aromatic N) is 5. The topological polar surface area (TPSA) is 123 Å². The number of nitriles is 1. The zero-order valence-electron chi connectivity index (χ0n) is 16.5. The van der Waals surface area contributed by atoms with Gasteiger partial charge in [-0.05, 0) is 31.2 Å². The van der Waals surface area contributed by atoms with E-state index in [1.807, 2.05) is 6.07 Å². The molecule has 0 bridgehead atoms. The van der Waals surface area contributed by atoms with Gasteiger partial charge in [0.2, 0.25) is 0 Å². The molecule has 8 nitrogen and oxygen atoms in total. The molecule has 0 unspecified atom stereocenters. The Kier molecular flexibility index (Phi) is 5.42. The van der Waals surface area contributed by atoms with Crippen LogP contribution in [0, 0.1) is 23.0 Å². The van der Waals surface area contributed by atoms with E-state index in [1.165, 1.54) is 12.4 Å². The molecule has 0 aliphatic heterocycles. The second-order valence-electron chi connectivity index (χ2n) is 6.83. The lowest BCUT2D eigenvalue weighted by atomic mass is 10.2. The number of hydrogen-bond donors (Lipinski definition) is 2. The third-order valence-electron chi connectivity index (χ3n) is 4.71. The molecule has 0 saturated carbocycles. The van der Waals surface area contributed by atoms with Gasteiger partial charge in [-0.3, -0.25) is 9.36 Å². The summed E-state index contributed by atoms with van der Waals surface area (Å²) in [5.41, 5.74) is 5.35. The van der Waals surface area contributed by atoms with Gasteiger partial charge in [-0.2, -0.15) is 5.26 Å². The number of aromatic nitrogens is 4. The molecule has 2 aromatic heterocycles. The van der Waals surface area contributed by atoms with Gasteiger partial charge in [-0.25, -0.2) is 23.7 Å². The smallest absolute Gasteiger partial charge is 0.267 e. The fourth-order valence-corrected chi connectivity index (χ4v) is 3.55. The summed E-state index contributed by atoms with van der Waals surface area (Å²) in [7, 11) is 0. The van der Waals surface area contributed by atoms with Crippen molar-refractivity contribution in [3.63, 3.8) is 0 Å². The normalized spacial score (nSPS) is 11.8. The second-order valence-corrected chi connectivity index (χ2v) is 7.24. The van der Waals surface area contributed by atoms with Crippen molar-refractivity contribution in [3.05, 3.63) is 81.1 Å². The van der Waals surface area contributed by atoms with Crippen LogP contribution in [0.4, 0.5) is 20.4 Å². The van der Waals surface area contributed by atoms with Crippen molar-refractivity contribution < 1.29 is 8.78 Å². The number of nitrogens with one attached hydrogen (secondary N) is 1. The van der Waals surface area contributed by atoms with Crippen LogP contribution in [0.1, 0.15) is 24.4 Å². The Balaban J connectivity index is 1.97. The van der Waals surface area contributed by atoms with E-state index >= 15 is 0 Å². The molecule has 160 valence electrons. The molecule has 0 fully saturated rings. The first-order chi connectivity index (χ1) is 15.3. The van der Waals surface area contributed by atoms with Gasteiger partial charge < -0.3 is 11.1 Å². The Hall–Kier alpha value is -4.10. The SMILES string of the molecule is C[C@H](Nc1ncnc(N)c1C#N)c1nc2cccc(Cl)c2c(=O)n1-c1cc(F)cc(F)c1. The zero-order chi connectivity index (χ0) is 23.0. The van der Waals surface area contributed by atoms with Gasteiger partial charge in [-0.1, -0.05) is 17.7 Å². The number of anilines is 2. The highest BCUT2D eigenvalue weighted by Gasteiger charge is 2.22. The summed E-state index contributed by atoms with van der Waals surface area (Å²) < 4.78 is 29.0. The molecular formula is C21H14ClF2N7O. The molecule has 3 N–H and O–H groups in total. The number of benzene rings is 2. The van der Waals surface area contributed by atoms with E-state index < -0.39 is 23.2 Å². The van der Waals surface area contributed by atoms with E-state index in [9.17, 15) is 18.8 Å². The van der Waals surface area contributed by atoms with Crippen LogP contribution in [-0.2, 0) is 0 Å². The highest BCUT2D eigenvalue weighted by molar-refractivity contribution is 6.35. The van der Waals surface area contributed by atoms with Crippen LogP contribution in [0.5, 0.6) is 0 Å². The summed E-state index contributed by atoms with van der Waals surface area (Å²) in [4.78, 5) is 25.7. The number of halogens is 3. The maximum Gasteiger partial charge on any atom is 0.267 e. The molecule has 4 aromatic rings. The number of fused-ring (bicyclic) bond motifs is 1. The Labute approximate surface area is 184 Å². The maximum atomic E-state index is 14.0. The minimum atomic E-state index is -0.868. The van der Waals surface area contributed by atoms with E-state index in [0.29, 0.717) is 11.6 Å². The predicted octanol–water partition coefficient (Wildman–Crippen LogP) is 3.73. The van der Waals surface area contributed by atoms with Crippen molar-refractivity contribution >= 4 is 34.1 Å². The minimum absolute atomic E-state index is 0.00822. The first-order valence-corrected chi connectivity index (χ1v) is 9.62. The van der Waals surface area contributed by atoms with E-state index in [2.05, 4.69) is 20.3 Å². The standard InChI is InChI=1S/C21H14ClF2N7O/c1-10(29-19-14(8-25)18(26)27-9-28-19)20-30-16-4-2-3-15(22)17(16)21(32)31(20)13-6-11(23)5-12(24)7-13/h2-7,9-10H,1H3,(H3,26,27,28,29)/t10-/m0/s1. The van der Waals surface area contributed by atoms with E-state index in [4.69, 9.17) is 17.3 Å². The highest BCUT2D eigenvalue weighted by Crippen LogP contribution is 2.26. The molecule has 0 aliphatic carbocycles. The van der Waals surface area contributed by atoms with Crippen LogP contribution in [0.2, 0.25) is 5.02 Å². The van der Waals surface area contributed by atoms with Crippen molar-refractivity contribution in [1.29, 1.82) is 5.26 Å². The molecule has 0 amide bonds. The Bertz CT molecular complexity index is 1450. The average molecular weight is 454 g/mol. The maximum absolute atomic E-state index is 14.0. The average Bonchev–Trinajstić information content (AvgIpc) is 2.73. The third kappa shape index (κ3) is 3.70. The van der Waals surface area contributed by atoms with Crippen molar-refractivity contribution in [2.75, 3.05) is 11.1 Å². The molecule has 1 atom stereocenters. The van der Waals surface area contributed by atoms with Gasteiger partial charge in [0.05, 0.1) is 27.7 Å². The summed E-state index contributed by atoms with van der Waals surface area (Å²) in [6, 6.07) is 8.62. The number of hydrogen-bond acceptors (Lipinski definition) is 7. The minimum Gasteiger partial charge on any atom is -0.382 e. The Morgan fingerprint density at radius 2 is 1.94 bits per heavy atom. The number of nitrogen functional groups attached to an aromatic ring is 1. The van der Waals surface area contributed by atoms with Crippen molar-refractivity contribution in [2.24, 2.45) is 0 Å². The van der Waals surface area contributed by atoms with Gasteiger partial charge in [-0.15, -0.1) is 0 Å². The van der Waals surface area contributed by atoms with Gasteiger partial charge >= 0.3 is 0 Å². The summed E-state index contributed by atoms with van der Waals surface area (Å²) >= 11 is 6.22. The van der Waals surface area contributed by atoms with Crippen molar-refractivity contribution in [2.45, 2.75) is 13.0 Å². The van der Waals surface area contributed by atoms with Crippen LogP contribution >= 0.6 is 11.6 Å². The van der Waals surface area contributed by atoms with Crippen molar-refractivity contribution in [1.82, 2.24) is 19.5 Å².